The molecule has 1 aromatic carbocycles. The molecule has 3 aliphatic heterocycles. The van der Waals surface area contributed by atoms with E-state index in [0.29, 0.717) is 36.4 Å². The second-order valence-corrected chi connectivity index (χ2v) is 11.1. The maximum Gasteiger partial charge on any atom is 0.312 e. The number of benzene rings is 1. The van der Waals surface area contributed by atoms with E-state index in [1.807, 2.05) is 33.8 Å². The average molecular weight is 521 g/mol. The first-order chi connectivity index (χ1) is 17.1. The molecule has 6 atom stereocenters. The molecule has 4 rings (SSSR count). The van der Waals surface area contributed by atoms with Crippen LogP contribution in [-0.4, -0.2) is 64.3 Å². The van der Waals surface area contributed by atoms with Gasteiger partial charge in [-0.2, -0.15) is 0 Å². The number of carbonyl (C=O) groups excluding carboxylic acids is 3. The molecule has 0 radical (unpaired) electrons. The van der Waals surface area contributed by atoms with Crippen molar-refractivity contribution >= 4 is 35.1 Å². The van der Waals surface area contributed by atoms with E-state index < -0.39 is 47.0 Å². The van der Waals surface area contributed by atoms with Gasteiger partial charge in [0, 0.05) is 0 Å². The topological polar surface area (TPSA) is 105 Å². The number of carbonyl (C=O) groups is 3. The molecule has 2 N–H and O–H groups in total. The normalized spacial score (nSPS) is 31.6. The van der Waals surface area contributed by atoms with Gasteiger partial charge in [-0.1, -0.05) is 44.5 Å². The van der Waals surface area contributed by atoms with Gasteiger partial charge in [0.2, 0.25) is 11.8 Å². The third-order valence-electron chi connectivity index (χ3n) is 8.23. The number of nitrogens with zero attached hydrogens (tertiary/aromatic N) is 1. The highest BCUT2D eigenvalue weighted by molar-refractivity contribution is 6.34. The summed E-state index contributed by atoms with van der Waals surface area (Å²) < 4.78 is 12.1. The molecule has 8 nitrogen and oxygen atoms in total. The molecule has 2 amide bonds. The zero-order chi connectivity index (χ0) is 26.4. The van der Waals surface area contributed by atoms with Gasteiger partial charge in [-0.3, -0.25) is 14.4 Å². The second kappa shape index (κ2) is 9.95. The third-order valence-corrected chi connectivity index (χ3v) is 8.54. The maximum atomic E-state index is 14.2. The fraction of sp³-hybridized carbons (Fsp3) is 0.667. The molecule has 3 heterocycles. The number of hydrogen-bond acceptors (Lipinski definition) is 6. The monoisotopic (exact) mass is 520 g/mol. The average Bonchev–Trinajstić information content (AvgIpc) is 3.43. The zero-order valence-electron chi connectivity index (χ0n) is 21.7. The summed E-state index contributed by atoms with van der Waals surface area (Å²) >= 11 is 6.41. The number of amides is 2. The molecule has 0 aromatic heterocycles. The van der Waals surface area contributed by atoms with E-state index in [4.69, 9.17) is 21.1 Å². The summed E-state index contributed by atoms with van der Waals surface area (Å²) in [5.41, 5.74) is -0.786. The number of anilines is 1. The fourth-order valence-electron chi connectivity index (χ4n) is 6.74. The van der Waals surface area contributed by atoms with E-state index in [1.54, 1.807) is 19.1 Å². The maximum absolute atomic E-state index is 14.2. The highest BCUT2D eigenvalue weighted by atomic mass is 35.5. The number of halogens is 1. The molecule has 2 bridgehead atoms. The molecule has 0 saturated carbocycles. The van der Waals surface area contributed by atoms with E-state index in [0.717, 1.165) is 5.56 Å². The van der Waals surface area contributed by atoms with Crippen LogP contribution in [0.3, 0.4) is 0 Å². The molecule has 1 aromatic rings. The Morgan fingerprint density at radius 3 is 2.61 bits per heavy atom. The number of nitrogens with one attached hydrogen (secondary N) is 1. The van der Waals surface area contributed by atoms with Crippen LogP contribution in [0.15, 0.2) is 18.2 Å². The lowest BCUT2D eigenvalue weighted by atomic mass is 9.65. The molecule has 0 aliphatic carbocycles. The molecule has 2 unspecified atom stereocenters. The highest BCUT2D eigenvalue weighted by Crippen LogP contribution is 2.64. The van der Waals surface area contributed by atoms with E-state index >= 15 is 0 Å². The zero-order valence-corrected chi connectivity index (χ0v) is 22.4. The first-order valence-corrected chi connectivity index (χ1v) is 13.3. The van der Waals surface area contributed by atoms with Crippen LogP contribution in [0.5, 0.6) is 0 Å². The van der Waals surface area contributed by atoms with Crippen molar-refractivity contribution in [2.45, 2.75) is 83.6 Å². The van der Waals surface area contributed by atoms with Gasteiger partial charge >= 0.3 is 5.97 Å². The molecule has 3 aliphatic rings. The van der Waals surface area contributed by atoms with Crippen LogP contribution in [0.4, 0.5) is 5.69 Å². The lowest BCUT2D eigenvalue weighted by molar-refractivity contribution is -0.161. The summed E-state index contributed by atoms with van der Waals surface area (Å²) in [6, 6.07) is 3.72. The number of para-hydroxylation sites is 1. The van der Waals surface area contributed by atoms with E-state index in [-0.39, 0.29) is 25.0 Å². The SMILES string of the molecule is CCOC(=O)[C@@H]1[C@H]2C(=O)N([C@@H](CO)CC(C)C)C(C(=O)Nc3c(C)cccc3Cl)C23CC[C@@]1(CC)O3. The van der Waals surface area contributed by atoms with Crippen LogP contribution >= 0.6 is 11.6 Å². The van der Waals surface area contributed by atoms with Crippen LogP contribution in [-0.2, 0) is 23.9 Å². The molecular formula is C27H37ClN2O6. The lowest BCUT2D eigenvalue weighted by Crippen LogP contribution is -2.56. The third kappa shape index (κ3) is 4.02. The molecule has 198 valence electrons. The van der Waals surface area contributed by atoms with Crippen LogP contribution < -0.4 is 5.32 Å². The summed E-state index contributed by atoms with van der Waals surface area (Å²) in [6.07, 6.45) is 2.04. The van der Waals surface area contributed by atoms with Crippen LogP contribution in [0.25, 0.3) is 0 Å². The Balaban J connectivity index is 1.82. The van der Waals surface area contributed by atoms with Gasteiger partial charge in [0.25, 0.3) is 0 Å². The minimum absolute atomic E-state index is 0.169. The second-order valence-electron chi connectivity index (χ2n) is 10.7. The molecule has 1 spiro atoms. The Kier molecular flexibility index (Phi) is 7.43. The molecule has 36 heavy (non-hydrogen) atoms. The summed E-state index contributed by atoms with van der Waals surface area (Å²) in [6.45, 7) is 9.40. The van der Waals surface area contributed by atoms with Crippen molar-refractivity contribution in [2.75, 3.05) is 18.5 Å². The van der Waals surface area contributed by atoms with Crippen molar-refractivity contribution in [1.82, 2.24) is 4.90 Å². The molecular weight excluding hydrogens is 484 g/mol. The summed E-state index contributed by atoms with van der Waals surface area (Å²) in [5.74, 6) is -2.72. The van der Waals surface area contributed by atoms with Gasteiger partial charge in [0.15, 0.2) is 0 Å². The minimum Gasteiger partial charge on any atom is -0.466 e. The van der Waals surface area contributed by atoms with Gasteiger partial charge in [-0.25, -0.2) is 0 Å². The number of aryl methyl sites for hydroxylation is 1. The van der Waals surface area contributed by atoms with Gasteiger partial charge < -0.3 is 24.8 Å². The van der Waals surface area contributed by atoms with E-state index in [9.17, 15) is 19.5 Å². The first kappa shape index (κ1) is 26.9. The number of ether oxygens (including phenoxy) is 2. The van der Waals surface area contributed by atoms with Crippen LogP contribution in [0.1, 0.15) is 58.9 Å². The van der Waals surface area contributed by atoms with Crippen LogP contribution in [0, 0.1) is 24.7 Å². The van der Waals surface area contributed by atoms with Crippen molar-refractivity contribution in [3.8, 4) is 0 Å². The Morgan fingerprint density at radius 2 is 2.03 bits per heavy atom. The Bertz CT molecular complexity index is 1030. The highest BCUT2D eigenvalue weighted by Gasteiger charge is 2.79. The Morgan fingerprint density at radius 1 is 1.31 bits per heavy atom. The smallest absolute Gasteiger partial charge is 0.312 e. The predicted molar refractivity (Wildman–Crippen MR) is 135 cm³/mol. The Labute approximate surface area is 217 Å². The van der Waals surface area contributed by atoms with Gasteiger partial charge in [0.1, 0.15) is 17.6 Å². The molecule has 3 fully saturated rings. The van der Waals surface area contributed by atoms with Crippen molar-refractivity contribution in [1.29, 1.82) is 0 Å². The number of esters is 1. The van der Waals surface area contributed by atoms with Gasteiger partial charge in [-0.05, 0) is 57.1 Å². The number of rotatable bonds is 9. The molecule has 3 saturated heterocycles. The standard InChI is InChI=1S/C27H37ClN2O6/c1-6-26-11-12-27(36-26)19(20(26)25(34)35-7-2)24(33)30(17(14-31)13-15(3)4)22(27)23(32)29-21-16(5)9-8-10-18(21)28/h8-10,15,17,19-20,22,31H,6-7,11-14H2,1-5H3,(H,29,32)/t17-,19+,20+,22?,26-,27?/m1/s1. The number of fused-ring (bicyclic) bond motifs is 1. The lowest BCUT2D eigenvalue weighted by Gasteiger charge is -2.38. The minimum atomic E-state index is -1.19. The number of aliphatic hydroxyl groups excluding tert-OH is 1. The van der Waals surface area contributed by atoms with Crippen molar-refractivity contribution < 1.29 is 29.0 Å². The fourth-order valence-corrected chi connectivity index (χ4v) is 7.01. The van der Waals surface area contributed by atoms with Crippen molar-refractivity contribution in [3.63, 3.8) is 0 Å². The summed E-state index contributed by atoms with van der Waals surface area (Å²) in [7, 11) is 0. The van der Waals surface area contributed by atoms with Crippen LogP contribution in [0.2, 0.25) is 5.02 Å². The quantitative estimate of drug-likeness (QED) is 0.481. The van der Waals surface area contributed by atoms with Crippen molar-refractivity contribution in [2.24, 2.45) is 17.8 Å². The van der Waals surface area contributed by atoms with E-state index in [2.05, 4.69) is 5.32 Å². The predicted octanol–water partition coefficient (Wildman–Crippen LogP) is 3.71. The summed E-state index contributed by atoms with van der Waals surface area (Å²) in [5, 5.41) is 13.7. The Hall–Kier alpha value is -2.16. The molecule has 9 heteroatoms. The van der Waals surface area contributed by atoms with Gasteiger partial charge in [0.05, 0.1) is 41.5 Å². The largest absolute Gasteiger partial charge is 0.466 e. The van der Waals surface area contributed by atoms with E-state index in [1.165, 1.54) is 4.90 Å². The first-order valence-electron chi connectivity index (χ1n) is 12.9. The van der Waals surface area contributed by atoms with Gasteiger partial charge in [-0.15, -0.1) is 0 Å². The number of hydrogen-bond donors (Lipinski definition) is 2. The number of likely N-dealkylation sites (tertiary alicyclic amines) is 1. The number of aliphatic hydroxyl groups is 1. The van der Waals surface area contributed by atoms with Crippen molar-refractivity contribution in [3.05, 3.63) is 28.8 Å². The summed E-state index contributed by atoms with van der Waals surface area (Å²) in [4.78, 5) is 42.9.